The van der Waals surface area contributed by atoms with Crippen LogP contribution < -0.4 is 5.73 Å². The van der Waals surface area contributed by atoms with Crippen LogP contribution in [0.1, 0.15) is 18.4 Å². The molecule has 1 aliphatic rings. The van der Waals surface area contributed by atoms with Gasteiger partial charge in [0.1, 0.15) is 0 Å². The first-order chi connectivity index (χ1) is 8.63. The van der Waals surface area contributed by atoms with E-state index in [1.807, 2.05) is 12.1 Å². The predicted octanol–water partition coefficient (Wildman–Crippen LogP) is 2.89. The van der Waals surface area contributed by atoms with Gasteiger partial charge in [-0.2, -0.15) is 0 Å². The van der Waals surface area contributed by atoms with Gasteiger partial charge in [-0.05, 0) is 49.6 Å². The van der Waals surface area contributed by atoms with E-state index in [2.05, 4.69) is 33.9 Å². The van der Waals surface area contributed by atoms with Gasteiger partial charge in [0.2, 0.25) is 0 Å². The SMILES string of the molecule is CN(Cc1cc(N)cc(Br)c1)CC1CCCOC1. The van der Waals surface area contributed by atoms with E-state index in [1.54, 1.807) is 0 Å². The molecule has 2 N–H and O–H groups in total. The lowest BCUT2D eigenvalue weighted by atomic mass is 10.0. The molecule has 1 fully saturated rings. The Bertz CT molecular complexity index is 371. The second kappa shape index (κ2) is 6.55. The number of nitrogen functional groups attached to an aromatic ring is 1. The molecule has 1 atom stereocenters. The molecule has 0 aromatic heterocycles. The lowest BCUT2D eigenvalue weighted by molar-refractivity contribution is 0.0411. The molecule has 1 aliphatic heterocycles. The number of halogens is 1. The third-order valence-corrected chi connectivity index (χ3v) is 3.71. The summed E-state index contributed by atoms with van der Waals surface area (Å²) in [6, 6.07) is 6.10. The van der Waals surface area contributed by atoms with Crippen molar-refractivity contribution in [1.82, 2.24) is 4.90 Å². The maximum atomic E-state index is 5.85. The predicted molar refractivity (Wildman–Crippen MR) is 78.4 cm³/mol. The molecule has 1 aromatic carbocycles. The normalized spacial score (nSPS) is 20.3. The average Bonchev–Trinajstić information content (AvgIpc) is 2.28. The van der Waals surface area contributed by atoms with Crippen LogP contribution in [0.4, 0.5) is 5.69 Å². The number of nitrogens with zero attached hydrogens (tertiary/aromatic N) is 1. The molecule has 0 spiro atoms. The molecular weight excluding hydrogens is 292 g/mol. The van der Waals surface area contributed by atoms with E-state index in [1.165, 1.54) is 18.4 Å². The molecule has 1 heterocycles. The van der Waals surface area contributed by atoms with Crippen molar-refractivity contribution in [3.05, 3.63) is 28.2 Å². The number of nitrogens with two attached hydrogens (primary N) is 1. The van der Waals surface area contributed by atoms with Crippen molar-refractivity contribution in [3.8, 4) is 0 Å². The smallest absolute Gasteiger partial charge is 0.0506 e. The van der Waals surface area contributed by atoms with Crippen LogP contribution in [-0.2, 0) is 11.3 Å². The Kier molecular flexibility index (Phi) is 5.03. The Morgan fingerprint density at radius 2 is 2.28 bits per heavy atom. The van der Waals surface area contributed by atoms with Gasteiger partial charge in [-0.1, -0.05) is 15.9 Å². The van der Waals surface area contributed by atoms with Crippen molar-refractivity contribution < 1.29 is 4.74 Å². The summed E-state index contributed by atoms with van der Waals surface area (Å²) >= 11 is 3.48. The molecule has 1 aromatic rings. The van der Waals surface area contributed by atoms with Gasteiger partial charge in [-0.15, -0.1) is 0 Å². The number of benzene rings is 1. The molecule has 0 saturated carbocycles. The van der Waals surface area contributed by atoms with E-state index in [-0.39, 0.29) is 0 Å². The maximum absolute atomic E-state index is 5.85. The van der Waals surface area contributed by atoms with E-state index in [9.17, 15) is 0 Å². The molecule has 0 bridgehead atoms. The van der Waals surface area contributed by atoms with Gasteiger partial charge in [0.05, 0.1) is 6.61 Å². The van der Waals surface area contributed by atoms with Crippen LogP contribution in [0.3, 0.4) is 0 Å². The summed E-state index contributed by atoms with van der Waals surface area (Å²) in [6.07, 6.45) is 2.48. The molecule has 0 radical (unpaired) electrons. The van der Waals surface area contributed by atoms with Crippen molar-refractivity contribution >= 4 is 21.6 Å². The molecule has 2 rings (SSSR count). The third-order valence-electron chi connectivity index (χ3n) is 3.26. The lowest BCUT2D eigenvalue weighted by Gasteiger charge is -2.27. The Morgan fingerprint density at radius 3 is 2.94 bits per heavy atom. The molecule has 1 saturated heterocycles. The summed E-state index contributed by atoms with van der Waals surface area (Å²) < 4.78 is 6.57. The van der Waals surface area contributed by atoms with Gasteiger partial charge in [0.25, 0.3) is 0 Å². The van der Waals surface area contributed by atoms with Gasteiger partial charge in [-0.3, -0.25) is 0 Å². The molecule has 1 unspecified atom stereocenters. The molecule has 4 heteroatoms. The second-order valence-corrected chi connectivity index (χ2v) is 6.09. The molecular formula is C14H21BrN2O. The highest BCUT2D eigenvalue weighted by Gasteiger charge is 2.16. The Hall–Kier alpha value is -0.580. The topological polar surface area (TPSA) is 38.5 Å². The summed E-state index contributed by atoms with van der Waals surface area (Å²) in [5.41, 5.74) is 7.92. The highest BCUT2D eigenvalue weighted by molar-refractivity contribution is 9.10. The highest BCUT2D eigenvalue weighted by Crippen LogP contribution is 2.20. The first kappa shape index (κ1) is 13.8. The van der Waals surface area contributed by atoms with Crippen molar-refractivity contribution in [2.75, 3.05) is 32.5 Å². The molecule has 18 heavy (non-hydrogen) atoms. The number of ether oxygens (including phenoxy) is 1. The van der Waals surface area contributed by atoms with Gasteiger partial charge in [0, 0.05) is 29.9 Å². The zero-order valence-corrected chi connectivity index (χ0v) is 12.4. The van der Waals surface area contributed by atoms with Gasteiger partial charge in [0.15, 0.2) is 0 Å². The van der Waals surface area contributed by atoms with Crippen molar-refractivity contribution in [2.45, 2.75) is 19.4 Å². The fraction of sp³-hybridized carbons (Fsp3) is 0.571. The fourth-order valence-corrected chi connectivity index (χ4v) is 3.09. The van der Waals surface area contributed by atoms with Crippen molar-refractivity contribution in [2.24, 2.45) is 5.92 Å². The van der Waals surface area contributed by atoms with Crippen molar-refractivity contribution in [3.63, 3.8) is 0 Å². The Balaban J connectivity index is 1.87. The van der Waals surface area contributed by atoms with Crippen LogP contribution in [0, 0.1) is 5.92 Å². The monoisotopic (exact) mass is 312 g/mol. The largest absolute Gasteiger partial charge is 0.399 e. The van der Waals surface area contributed by atoms with Gasteiger partial charge in [-0.25, -0.2) is 0 Å². The summed E-state index contributed by atoms with van der Waals surface area (Å²) in [5, 5.41) is 0. The number of rotatable bonds is 4. The van der Waals surface area contributed by atoms with Crippen LogP contribution in [0.2, 0.25) is 0 Å². The zero-order valence-electron chi connectivity index (χ0n) is 10.9. The van der Waals surface area contributed by atoms with Crippen LogP contribution in [0.25, 0.3) is 0 Å². The van der Waals surface area contributed by atoms with Gasteiger partial charge >= 0.3 is 0 Å². The molecule has 3 nitrogen and oxygen atoms in total. The molecule has 0 aliphatic carbocycles. The minimum Gasteiger partial charge on any atom is -0.399 e. The number of hydrogen-bond donors (Lipinski definition) is 1. The summed E-state index contributed by atoms with van der Waals surface area (Å²) in [4.78, 5) is 2.35. The minimum absolute atomic E-state index is 0.674. The van der Waals surface area contributed by atoms with E-state index in [0.717, 1.165) is 36.5 Å². The van der Waals surface area contributed by atoms with E-state index >= 15 is 0 Å². The Morgan fingerprint density at radius 1 is 1.44 bits per heavy atom. The number of anilines is 1. The standard InChI is InChI=1S/C14H21BrN2O/c1-17(8-11-3-2-4-18-10-11)9-12-5-13(15)7-14(16)6-12/h5-7,11H,2-4,8-10,16H2,1H3. The van der Waals surface area contributed by atoms with E-state index in [0.29, 0.717) is 5.92 Å². The molecule has 0 amide bonds. The Labute approximate surface area is 117 Å². The average molecular weight is 313 g/mol. The van der Waals surface area contributed by atoms with E-state index < -0.39 is 0 Å². The van der Waals surface area contributed by atoms with Gasteiger partial charge < -0.3 is 15.4 Å². The van der Waals surface area contributed by atoms with E-state index in [4.69, 9.17) is 10.5 Å². The highest BCUT2D eigenvalue weighted by atomic mass is 79.9. The maximum Gasteiger partial charge on any atom is 0.0506 e. The quantitative estimate of drug-likeness (QED) is 0.869. The summed E-state index contributed by atoms with van der Waals surface area (Å²) in [6.45, 7) is 3.86. The van der Waals surface area contributed by atoms with Crippen molar-refractivity contribution in [1.29, 1.82) is 0 Å². The second-order valence-electron chi connectivity index (χ2n) is 5.17. The fourth-order valence-electron chi connectivity index (χ4n) is 2.54. The minimum atomic E-state index is 0.674. The summed E-state index contributed by atoms with van der Waals surface area (Å²) in [5.74, 6) is 0.674. The van der Waals surface area contributed by atoms with Crippen LogP contribution >= 0.6 is 15.9 Å². The number of hydrogen-bond acceptors (Lipinski definition) is 3. The summed E-state index contributed by atoms with van der Waals surface area (Å²) in [7, 11) is 2.16. The first-order valence-corrected chi connectivity index (χ1v) is 7.24. The third kappa shape index (κ3) is 4.26. The molecule has 100 valence electrons. The zero-order chi connectivity index (χ0) is 13.0. The van der Waals surface area contributed by atoms with Crippen LogP contribution in [0.5, 0.6) is 0 Å². The van der Waals surface area contributed by atoms with Crippen LogP contribution in [-0.4, -0.2) is 31.7 Å². The first-order valence-electron chi connectivity index (χ1n) is 6.45. The lowest BCUT2D eigenvalue weighted by Crippen LogP contribution is -2.30. The van der Waals surface area contributed by atoms with Crippen LogP contribution in [0.15, 0.2) is 22.7 Å².